The Morgan fingerprint density at radius 1 is 1.03 bits per heavy atom. The number of rotatable bonds is 9. The van der Waals surface area contributed by atoms with Crippen LogP contribution >= 0.6 is 11.3 Å². The average molecular weight is 493 g/mol. The quantitative estimate of drug-likeness (QED) is 0.274. The summed E-state index contributed by atoms with van der Waals surface area (Å²) in [5.74, 6) is 0.713. The maximum atomic E-state index is 13.5. The minimum Gasteiger partial charge on any atom is -0.461 e. The molecule has 6 nitrogen and oxygen atoms in total. The summed E-state index contributed by atoms with van der Waals surface area (Å²) in [6, 6.07) is 13.6. The maximum absolute atomic E-state index is 13.5. The Morgan fingerprint density at radius 3 is 2.37 bits per heavy atom. The number of likely N-dealkylation sites (N-methyl/N-ethyl adjacent to an activating group) is 1. The van der Waals surface area contributed by atoms with Gasteiger partial charge in [-0.25, -0.2) is 19.2 Å². The first kappa shape index (κ1) is 24.8. The molecule has 0 aliphatic rings. The molecule has 0 amide bonds. The lowest BCUT2D eigenvalue weighted by Crippen LogP contribution is -2.27. The Hall–Kier alpha value is -3.36. The second-order valence-electron chi connectivity index (χ2n) is 8.20. The molecule has 1 N–H and O–H groups in total. The number of fused-ring (bicyclic) bond motifs is 1. The van der Waals surface area contributed by atoms with Crippen molar-refractivity contribution in [3.63, 3.8) is 0 Å². The van der Waals surface area contributed by atoms with E-state index in [0.717, 1.165) is 51.5 Å². The highest BCUT2D eigenvalue weighted by Crippen LogP contribution is 2.41. The highest BCUT2D eigenvalue weighted by Gasteiger charge is 2.18. The molecule has 0 aliphatic heterocycles. The summed E-state index contributed by atoms with van der Waals surface area (Å²) in [7, 11) is 0. The predicted octanol–water partition coefficient (Wildman–Crippen LogP) is 6.36. The van der Waals surface area contributed by atoms with Gasteiger partial charge in [0.15, 0.2) is 0 Å². The minimum atomic E-state index is -0.337. The lowest BCUT2D eigenvalue weighted by Gasteiger charge is -2.17. The zero-order valence-electron chi connectivity index (χ0n) is 20.4. The Balaban J connectivity index is 1.57. The third-order valence-electron chi connectivity index (χ3n) is 5.89. The maximum Gasteiger partial charge on any atom is 0.338 e. The molecule has 0 atom stereocenters. The molecule has 0 radical (unpaired) electrons. The molecule has 0 unspecified atom stereocenters. The van der Waals surface area contributed by atoms with Gasteiger partial charge >= 0.3 is 5.97 Å². The SMILES string of the molecule is CCN(CC)CCOC(=O)c1ccc(Nc2nc(C)nc3sc(C)c(-c4ccc(F)cc4)c23)cc1. The number of nitrogens with zero attached hydrogens (tertiary/aromatic N) is 3. The number of aromatic nitrogens is 2. The van der Waals surface area contributed by atoms with Gasteiger partial charge in [0.2, 0.25) is 0 Å². The Morgan fingerprint density at radius 2 is 1.71 bits per heavy atom. The van der Waals surface area contributed by atoms with Crippen LogP contribution in [0.3, 0.4) is 0 Å². The fourth-order valence-electron chi connectivity index (χ4n) is 3.99. The summed E-state index contributed by atoms with van der Waals surface area (Å²) in [5.41, 5.74) is 3.19. The third kappa shape index (κ3) is 5.66. The van der Waals surface area contributed by atoms with Gasteiger partial charge in [0.25, 0.3) is 0 Å². The van der Waals surface area contributed by atoms with Gasteiger partial charge in [-0.05, 0) is 68.9 Å². The first-order valence-electron chi connectivity index (χ1n) is 11.7. The van der Waals surface area contributed by atoms with E-state index in [0.29, 0.717) is 23.8 Å². The van der Waals surface area contributed by atoms with Gasteiger partial charge in [0.1, 0.15) is 28.9 Å². The molecule has 2 heterocycles. The molecule has 4 rings (SSSR count). The number of esters is 1. The van der Waals surface area contributed by atoms with Crippen molar-refractivity contribution >= 4 is 39.0 Å². The summed E-state index contributed by atoms with van der Waals surface area (Å²) >= 11 is 1.59. The lowest BCUT2D eigenvalue weighted by molar-refractivity contribution is 0.0466. The van der Waals surface area contributed by atoms with Gasteiger partial charge in [0.05, 0.1) is 10.9 Å². The van der Waals surface area contributed by atoms with Crippen LogP contribution in [0, 0.1) is 19.7 Å². The Kier molecular flexibility index (Phi) is 7.73. The molecule has 4 aromatic rings. The number of carbonyl (C=O) groups is 1. The monoisotopic (exact) mass is 492 g/mol. The number of benzene rings is 2. The van der Waals surface area contributed by atoms with Crippen LogP contribution in [0.5, 0.6) is 0 Å². The van der Waals surface area contributed by atoms with E-state index in [2.05, 4.69) is 34.0 Å². The van der Waals surface area contributed by atoms with E-state index in [4.69, 9.17) is 4.74 Å². The van der Waals surface area contributed by atoms with Crippen molar-refractivity contribution in [2.75, 3.05) is 31.6 Å². The molecule has 8 heteroatoms. The van der Waals surface area contributed by atoms with Crippen molar-refractivity contribution in [2.45, 2.75) is 27.7 Å². The molecular weight excluding hydrogens is 463 g/mol. The van der Waals surface area contributed by atoms with Crippen molar-refractivity contribution in [1.82, 2.24) is 14.9 Å². The zero-order chi connectivity index (χ0) is 24.9. The minimum absolute atomic E-state index is 0.275. The third-order valence-corrected chi connectivity index (χ3v) is 6.89. The summed E-state index contributed by atoms with van der Waals surface area (Å²) in [4.78, 5) is 25.8. The second kappa shape index (κ2) is 10.9. The fraction of sp³-hybridized carbons (Fsp3) is 0.296. The van der Waals surface area contributed by atoms with E-state index in [1.165, 1.54) is 12.1 Å². The molecular formula is C27H29FN4O2S. The molecule has 0 saturated carbocycles. The highest BCUT2D eigenvalue weighted by molar-refractivity contribution is 7.19. The number of hydrogen-bond donors (Lipinski definition) is 1. The first-order chi connectivity index (χ1) is 16.9. The number of carbonyl (C=O) groups excluding carboxylic acids is 1. The topological polar surface area (TPSA) is 67.3 Å². The summed E-state index contributed by atoms with van der Waals surface area (Å²) in [6.45, 7) is 11.0. The van der Waals surface area contributed by atoms with Gasteiger partial charge < -0.3 is 15.0 Å². The van der Waals surface area contributed by atoms with Crippen molar-refractivity contribution in [3.05, 3.63) is 70.6 Å². The van der Waals surface area contributed by atoms with E-state index in [1.807, 2.05) is 26.0 Å². The van der Waals surface area contributed by atoms with E-state index >= 15 is 0 Å². The van der Waals surface area contributed by atoms with Crippen LogP contribution in [-0.2, 0) is 4.74 Å². The normalized spacial score (nSPS) is 11.3. The van der Waals surface area contributed by atoms with Gasteiger partial charge in [-0.15, -0.1) is 11.3 Å². The number of aryl methyl sites for hydroxylation is 2. The molecule has 182 valence electrons. The number of anilines is 2. The van der Waals surface area contributed by atoms with Crippen LogP contribution in [0.4, 0.5) is 15.9 Å². The number of hydrogen-bond acceptors (Lipinski definition) is 7. The molecule has 0 bridgehead atoms. The standard InChI is InChI=1S/C27H29FN4O2S/c1-5-32(6-2)15-16-34-27(33)20-9-13-22(14-10-20)31-25-24-23(19-7-11-21(28)12-8-19)17(3)35-26(24)30-18(4)29-25/h7-14H,5-6,15-16H2,1-4H3,(H,29,30,31). The van der Waals surface area contributed by atoms with Crippen LogP contribution in [0.15, 0.2) is 48.5 Å². The highest BCUT2D eigenvalue weighted by atomic mass is 32.1. The van der Waals surface area contributed by atoms with Crippen LogP contribution < -0.4 is 5.32 Å². The first-order valence-corrected chi connectivity index (χ1v) is 12.5. The zero-order valence-corrected chi connectivity index (χ0v) is 21.2. The number of halogens is 1. The van der Waals surface area contributed by atoms with Gasteiger partial charge in [-0.2, -0.15) is 0 Å². The van der Waals surface area contributed by atoms with Crippen molar-refractivity contribution in [3.8, 4) is 11.1 Å². The number of ether oxygens (including phenoxy) is 1. The Labute approximate surface area is 208 Å². The van der Waals surface area contributed by atoms with Crippen LogP contribution in [0.25, 0.3) is 21.3 Å². The van der Waals surface area contributed by atoms with E-state index in [1.54, 1.807) is 35.6 Å². The van der Waals surface area contributed by atoms with Crippen molar-refractivity contribution < 1.29 is 13.9 Å². The summed E-state index contributed by atoms with van der Waals surface area (Å²) < 4.78 is 18.9. The van der Waals surface area contributed by atoms with E-state index < -0.39 is 0 Å². The van der Waals surface area contributed by atoms with Crippen LogP contribution in [0.1, 0.15) is 34.9 Å². The average Bonchev–Trinajstić information content (AvgIpc) is 3.18. The number of nitrogens with one attached hydrogen (secondary N) is 1. The van der Waals surface area contributed by atoms with Crippen LogP contribution in [-0.4, -0.2) is 47.1 Å². The van der Waals surface area contributed by atoms with E-state index in [-0.39, 0.29) is 11.8 Å². The lowest BCUT2D eigenvalue weighted by atomic mass is 10.0. The number of thiophene rings is 1. The predicted molar refractivity (Wildman–Crippen MR) is 140 cm³/mol. The van der Waals surface area contributed by atoms with Gasteiger partial charge in [-0.1, -0.05) is 26.0 Å². The molecule has 2 aromatic heterocycles. The second-order valence-corrected chi connectivity index (χ2v) is 9.41. The van der Waals surface area contributed by atoms with Gasteiger partial charge in [-0.3, -0.25) is 0 Å². The Bertz CT molecular complexity index is 1320. The summed E-state index contributed by atoms with van der Waals surface area (Å²) in [6.07, 6.45) is 0. The molecule has 2 aromatic carbocycles. The smallest absolute Gasteiger partial charge is 0.338 e. The van der Waals surface area contributed by atoms with Crippen LogP contribution in [0.2, 0.25) is 0 Å². The fourth-order valence-corrected chi connectivity index (χ4v) is 5.08. The molecule has 0 spiro atoms. The van der Waals surface area contributed by atoms with Crippen molar-refractivity contribution in [2.24, 2.45) is 0 Å². The van der Waals surface area contributed by atoms with Crippen molar-refractivity contribution in [1.29, 1.82) is 0 Å². The van der Waals surface area contributed by atoms with E-state index in [9.17, 15) is 9.18 Å². The molecule has 0 saturated heterocycles. The molecule has 0 aliphatic carbocycles. The largest absolute Gasteiger partial charge is 0.461 e. The molecule has 35 heavy (non-hydrogen) atoms. The van der Waals surface area contributed by atoms with Gasteiger partial charge in [0, 0.05) is 22.7 Å². The summed E-state index contributed by atoms with van der Waals surface area (Å²) in [5, 5.41) is 4.28. The molecule has 0 fully saturated rings.